The normalized spacial score (nSPS) is 13.7. The predicted molar refractivity (Wildman–Crippen MR) is 69.6 cm³/mol. The van der Waals surface area contributed by atoms with Gasteiger partial charge in [0.2, 0.25) is 5.91 Å². The van der Waals surface area contributed by atoms with E-state index in [1.165, 1.54) is 6.92 Å². The Labute approximate surface area is 111 Å². The Balaban J connectivity index is 2.57. The van der Waals surface area contributed by atoms with Gasteiger partial charge in [0, 0.05) is 10.9 Å². The lowest BCUT2D eigenvalue weighted by molar-refractivity contribution is -0.141. The van der Waals surface area contributed by atoms with Crippen molar-refractivity contribution in [3.63, 3.8) is 0 Å². The molecule has 2 unspecified atom stereocenters. The lowest BCUT2D eigenvalue weighted by Crippen LogP contribution is -2.41. The van der Waals surface area contributed by atoms with Gasteiger partial charge in [-0.1, -0.05) is 30.7 Å². The number of benzene rings is 1. The second kappa shape index (κ2) is 6.40. The molecule has 1 amide bonds. The van der Waals surface area contributed by atoms with Crippen molar-refractivity contribution in [3.05, 3.63) is 34.9 Å². The number of carboxylic acid groups (broad SMARTS) is 1. The number of rotatable bonds is 5. The lowest BCUT2D eigenvalue weighted by atomic mass is 10.00. The smallest absolute Gasteiger partial charge is 0.325 e. The van der Waals surface area contributed by atoms with Crippen LogP contribution >= 0.6 is 11.6 Å². The summed E-state index contributed by atoms with van der Waals surface area (Å²) in [6, 6.07) is 6.39. The zero-order valence-electron chi connectivity index (χ0n) is 10.3. The van der Waals surface area contributed by atoms with Crippen LogP contribution in [-0.2, 0) is 16.0 Å². The van der Waals surface area contributed by atoms with Crippen molar-refractivity contribution in [2.75, 3.05) is 0 Å². The minimum Gasteiger partial charge on any atom is -0.480 e. The molecule has 2 N–H and O–H groups in total. The molecule has 0 aliphatic rings. The molecule has 5 heteroatoms. The number of hydrogen-bond donors (Lipinski definition) is 2. The predicted octanol–water partition coefficient (Wildman–Crippen LogP) is 2.11. The van der Waals surface area contributed by atoms with Crippen LogP contribution in [0.25, 0.3) is 0 Å². The van der Waals surface area contributed by atoms with Gasteiger partial charge < -0.3 is 10.4 Å². The van der Waals surface area contributed by atoms with E-state index in [2.05, 4.69) is 5.32 Å². The van der Waals surface area contributed by atoms with Gasteiger partial charge in [0.15, 0.2) is 0 Å². The van der Waals surface area contributed by atoms with E-state index < -0.39 is 12.0 Å². The number of carbonyl (C=O) groups excluding carboxylic acids is 1. The summed E-state index contributed by atoms with van der Waals surface area (Å²) >= 11 is 5.86. The monoisotopic (exact) mass is 269 g/mol. The number of halogens is 1. The molecular formula is C13H16ClNO3. The number of carboxylic acids is 1. The molecule has 0 aliphatic carbocycles. The molecule has 1 aromatic carbocycles. The summed E-state index contributed by atoms with van der Waals surface area (Å²) in [7, 11) is 0. The maximum Gasteiger partial charge on any atom is 0.325 e. The van der Waals surface area contributed by atoms with Gasteiger partial charge in [-0.05, 0) is 31.0 Å². The highest BCUT2D eigenvalue weighted by atomic mass is 35.5. The molecule has 0 aromatic heterocycles. The number of aliphatic carboxylic acids is 1. The Bertz CT molecular complexity index is 448. The van der Waals surface area contributed by atoms with Crippen molar-refractivity contribution in [1.82, 2.24) is 5.32 Å². The SMILES string of the molecule is CC(Cc1cccc(Cl)c1)C(=O)NC(C)C(=O)O. The van der Waals surface area contributed by atoms with Gasteiger partial charge in [0.1, 0.15) is 6.04 Å². The fourth-order valence-corrected chi connectivity index (χ4v) is 1.74. The third kappa shape index (κ3) is 4.37. The summed E-state index contributed by atoms with van der Waals surface area (Å²) in [4.78, 5) is 22.4. The van der Waals surface area contributed by atoms with Gasteiger partial charge in [-0.25, -0.2) is 0 Å². The van der Waals surface area contributed by atoms with Crippen molar-refractivity contribution in [1.29, 1.82) is 0 Å². The molecule has 0 fully saturated rings. The quantitative estimate of drug-likeness (QED) is 0.860. The number of hydrogen-bond acceptors (Lipinski definition) is 2. The van der Waals surface area contributed by atoms with Crippen molar-refractivity contribution in [3.8, 4) is 0 Å². The van der Waals surface area contributed by atoms with E-state index in [1.54, 1.807) is 19.1 Å². The molecule has 4 nitrogen and oxygen atoms in total. The van der Waals surface area contributed by atoms with Crippen molar-refractivity contribution in [2.24, 2.45) is 5.92 Å². The highest BCUT2D eigenvalue weighted by Crippen LogP contribution is 2.14. The maximum atomic E-state index is 11.7. The summed E-state index contributed by atoms with van der Waals surface area (Å²) in [5.74, 6) is -1.62. The van der Waals surface area contributed by atoms with Gasteiger partial charge >= 0.3 is 5.97 Å². The second-order valence-electron chi connectivity index (χ2n) is 4.30. The van der Waals surface area contributed by atoms with E-state index >= 15 is 0 Å². The average Bonchev–Trinajstić information content (AvgIpc) is 2.28. The van der Waals surface area contributed by atoms with E-state index in [0.29, 0.717) is 11.4 Å². The second-order valence-corrected chi connectivity index (χ2v) is 4.74. The Morgan fingerprint density at radius 3 is 2.61 bits per heavy atom. The molecule has 2 atom stereocenters. The third-order valence-corrected chi connectivity index (χ3v) is 2.84. The fraction of sp³-hybridized carbons (Fsp3) is 0.385. The van der Waals surface area contributed by atoms with Crippen LogP contribution in [0.15, 0.2) is 24.3 Å². The van der Waals surface area contributed by atoms with Crippen LogP contribution in [0.5, 0.6) is 0 Å². The molecule has 0 saturated heterocycles. The minimum absolute atomic E-state index is 0.273. The first-order valence-electron chi connectivity index (χ1n) is 5.67. The zero-order chi connectivity index (χ0) is 13.7. The van der Waals surface area contributed by atoms with E-state index in [4.69, 9.17) is 16.7 Å². The summed E-state index contributed by atoms with van der Waals surface area (Å²) < 4.78 is 0. The summed E-state index contributed by atoms with van der Waals surface area (Å²) in [6.07, 6.45) is 0.527. The van der Waals surface area contributed by atoms with Crippen LogP contribution in [-0.4, -0.2) is 23.0 Å². The van der Waals surface area contributed by atoms with Crippen LogP contribution in [0.3, 0.4) is 0 Å². The fourth-order valence-electron chi connectivity index (χ4n) is 1.53. The third-order valence-electron chi connectivity index (χ3n) is 2.61. The molecule has 18 heavy (non-hydrogen) atoms. The van der Waals surface area contributed by atoms with Gasteiger partial charge in [-0.15, -0.1) is 0 Å². The van der Waals surface area contributed by atoms with Crippen molar-refractivity contribution in [2.45, 2.75) is 26.3 Å². The van der Waals surface area contributed by atoms with Crippen LogP contribution in [0.4, 0.5) is 0 Å². The largest absolute Gasteiger partial charge is 0.480 e. The summed E-state index contributed by atoms with van der Waals surface area (Å²) in [6.45, 7) is 3.19. The Hall–Kier alpha value is -1.55. The van der Waals surface area contributed by atoms with Crippen LogP contribution in [0.2, 0.25) is 5.02 Å². The molecule has 1 rings (SSSR count). The van der Waals surface area contributed by atoms with Crippen LogP contribution in [0.1, 0.15) is 19.4 Å². The van der Waals surface area contributed by atoms with Crippen molar-refractivity contribution < 1.29 is 14.7 Å². The van der Waals surface area contributed by atoms with E-state index in [0.717, 1.165) is 5.56 Å². The van der Waals surface area contributed by atoms with E-state index in [1.807, 2.05) is 12.1 Å². The maximum absolute atomic E-state index is 11.7. The first-order valence-corrected chi connectivity index (χ1v) is 6.05. The molecular weight excluding hydrogens is 254 g/mol. The molecule has 0 aliphatic heterocycles. The first-order chi connectivity index (χ1) is 8.40. The topological polar surface area (TPSA) is 66.4 Å². The molecule has 0 heterocycles. The lowest BCUT2D eigenvalue weighted by Gasteiger charge is -2.14. The van der Waals surface area contributed by atoms with Crippen LogP contribution in [0, 0.1) is 5.92 Å². The van der Waals surface area contributed by atoms with Gasteiger partial charge in [-0.3, -0.25) is 9.59 Å². The van der Waals surface area contributed by atoms with Gasteiger partial charge in [-0.2, -0.15) is 0 Å². The molecule has 98 valence electrons. The summed E-state index contributed by atoms with van der Waals surface area (Å²) in [5, 5.41) is 11.8. The van der Waals surface area contributed by atoms with E-state index in [9.17, 15) is 9.59 Å². The Morgan fingerprint density at radius 1 is 1.39 bits per heavy atom. The molecule has 0 saturated carbocycles. The summed E-state index contributed by atoms with van der Waals surface area (Å²) in [5.41, 5.74) is 0.952. The molecule has 0 radical (unpaired) electrons. The molecule has 1 aromatic rings. The van der Waals surface area contributed by atoms with Gasteiger partial charge in [0.25, 0.3) is 0 Å². The van der Waals surface area contributed by atoms with E-state index in [-0.39, 0.29) is 11.8 Å². The zero-order valence-corrected chi connectivity index (χ0v) is 11.1. The van der Waals surface area contributed by atoms with Crippen molar-refractivity contribution >= 4 is 23.5 Å². The number of nitrogens with one attached hydrogen (secondary N) is 1. The van der Waals surface area contributed by atoms with Gasteiger partial charge in [0.05, 0.1) is 0 Å². The average molecular weight is 270 g/mol. The van der Waals surface area contributed by atoms with Crippen LogP contribution < -0.4 is 5.32 Å². The number of carbonyl (C=O) groups is 2. The number of amides is 1. The standard InChI is InChI=1S/C13H16ClNO3/c1-8(12(16)15-9(2)13(17)18)6-10-4-3-5-11(14)7-10/h3-5,7-9H,6H2,1-2H3,(H,15,16)(H,17,18). The Kier molecular flexibility index (Phi) is 5.16. The highest BCUT2D eigenvalue weighted by molar-refractivity contribution is 6.30. The molecule has 0 bridgehead atoms. The first kappa shape index (κ1) is 14.5. The minimum atomic E-state index is -1.04. The highest BCUT2D eigenvalue weighted by Gasteiger charge is 2.19. The molecule has 0 spiro atoms. The Morgan fingerprint density at radius 2 is 2.06 bits per heavy atom.